The van der Waals surface area contributed by atoms with Crippen molar-refractivity contribution in [2.24, 2.45) is 5.73 Å². The second-order valence-corrected chi connectivity index (χ2v) is 2.96. The Morgan fingerprint density at radius 3 is 2.46 bits per heavy atom. The van der Waals surface area contributed by atoms with Gasteiger partial charge in [-0.1, -0.05) is 17.7 Å². The molecule has 1 atom stereocenters. The van der Waals surface area contributed by atoms with Crippen LogP contribution in [0.4, 0.5) is 8.78 Å². The van der Waals surface area contributed by atoms with E-state index in [0.717, 1.165) is 12.1 Å². The van der Waals surface area contributed by atoms with Gasteiger partial charge in [0.25, 0.3) is 0 Å². The maximum absolute atomic E-state index is 12.7. The number of nitrogens with two attached hydrogens (primary N) is 1. The van der Waals surface area contributed by atoms with Crippen LogP contribution in [0.25, 0.3) is 0 Å². The Labute approximate surface area is 79.8 Å². The molecule has 0 aliphatic heterocycles. The Hall–Kier alpha value is -0.930. The van der Waals surface area contributed by atoms with Crippen LogP contribution >= 0.6 is 11.6 Å². The number of hydrogen-bond donors (Lipinski definition) is 1. The molecule has 1 unspecified atom stereocenters. The molecule has 4 heteroatoms. The Morgan fingerprint density at radius 2 is 1.92 bits per heavy atom. The highest BCUT2D eigenvalue weighted by atomic mass is 35.5. The second kappa shape index (κ2) is 3.85. The smallest absolute Gasteiger partial charge is 0.160 e. The molecule has 0 bridgehead atoms. The molecule has 1 nitrogen and oxygen atoms in total. The molecule has 0 heterocycles. The molecule has 0 aliphatic carbocycles. The Balaban J connectivity index is 3.22. The van der Waals surface area contributed by atoms with Gasteiger partial charge in [-0.15, -0.1) is 6.58 Å². The van der Waals surface area contributed by atoms with Crippen LogP contribution in [-0.2, 0) is 0 Å². The van der Waals surface area contributed by atoms with Crippen molar-refractivity contribution >= 4 is 11.6 Å². The predicted octanol–water partition coefficient (Wildman–Crippen LogP) is 2.80. The van der Waals surface area contributed by atoms with Crippen molar-refractivity contribution in [1.82, 2.24) is 0 Å². The number of rotatable bonds is 2. The molecule has 0 fully saturated rings. The fraction of sp³-hybridized carbons (Fsp3) is 0.111. The molecule has 1 aromatic rings. The minimum Gasteiger partial charge on any atom is -0.321 e. The highest BCUT2D eigenvalue weighted by Crippen LogP contribution is 2.24. The largest absolute Gasteiger partial charge is 0.321 e. The lowest BCUT2D eigenvalue weighted by molar-refractivity contribution is 0.506. The summed E-state index contributed by atoms with van der Waals surface area (Å²) in [6, 6.07) is 1.29. The molecule has 0 radical (unpaired) electrons. The lowest BCUT2D eigenvalue weighted by Crippen LogP contribution is -2.08. The van der Waals surface area contributed by atoms with Gasteiger partial charge in [-0.2, -0.15) is 0 Å². The van der Waals surface area contributed by atoms with E-state index in [2.05, 4.69) is 6.58 Å². The molecule has 0 aliphatic rings. The first-order valence-electron chi connectivity index (χ1n) is 3.59. The SMILES string of the molecule is C=CC(N)c1cc(F)c(F)cc1Cl. The molecule has 2 N–H and O–H groups in total. The summed E-state index contributed by atoms with van der Waals surface area (Å²) in [5, 5.41) is 0.103. The average molecular weight is 204 g/mol. The summed E-state index contributed by atoms with van der Waals surface area (Å²) in [7, 11) is 0. The van der Waals surface area contributed by atoms with Crippen LogP contribution in [-0.4, -0.2) is 0 Å². The van der Waals surface area contributed by atoms with Crippen LogP contribution in [0.3, 0.4) is 0 Å². The molecule has 0 spiro atoms. The van der Waals surface area contributed by atoms with E-state index >= 15 is 0 Å². The van der Waals surface area contributed by atoms with Crippen molar-refractivity contribution in [2.45, 2.75) is 6.04 Å². The Bertz CT molecular complexity index is 339. The molecule has 70 valence electrons. The molecular formula is C9H8ClF2N. The van der Waals surface area contributed by atoms with Crippen LogP contribution in [0.5, 0.6) is 0 Å². The third-order valence-electron chi connectivity index (χ3n) is 1.65. The molecule has 1 rings (SSSR count). The predicted molar refractivity (Wildman–Crippen MR) is 48.5 cm³/mol. The van der Waals surface area contributed by atoms with Crippen molar-refractivity contribution in [3.05, 3.63) is 47.0 Å². The zero-order valence-corrected chi connectivity index (χ0v) is 7.48. The van der Waals surface area contributed by atoms with Crippen molar-refractivity contribution < 1.29 is 8.78 Å². The van der Waals surface area contributed by atoms with E-state index in [9.17, 15) is 8.78 Å². The average Bonchev–Trinajstić information content (AvgIpc) is 2.10. The van der Waals surface area contributed by atoms with E-state index in [1.54, 1.807) is 0 Å². The summed E-state index contributed by atoms with van der Waals surface area (Å²) < 4.78 is 25.3. The zero-order chi connectivity index (χ0) is 10.0. The van der Waals surface area contributed by atoms with E-state index < -0.39 is 17.7 Å². The minimum absolute atomic E-state index is 0.103. The summed E-state index contributed by atoms with van der Waals surface area (Å²) in [6.45, 7) is 3.43. The van der Waals surface area contributed by atoms with Crippen molar-refractivity contribution in [2.75, 3.05) is 0 Å². The molecule has 0 saturated carbocycles. The van der Waals surface area contributed by atoms with Crippen LogP contribution < -0.4 is 5.73 Å². The van der Waals surface area contributed by atoms with Crippen molar-refractivity contribution in [3.8, 4) is 0 Å². The van der Waals surface area contributed by atoms with E-state index in [-0.39, 0.29) is 5.02 Å². The fourth-order valence-electron chi connectivity index (χ4n) is 0.920. The third kappa shape index (κ3) is 2.05. The summed E-state index contributed by atoms with van der Waals surface area (Å²) in [5.74, 6) is -1.94. The normalized spacial score (nSPS) is 12.6. The zero-order valence-electron chi connectivity index (χ0n) is 6.73. The Morgan fingerprint density at radius 1 is 1.38 bits per heavy atom. The first-order valence-corrected chi connectivity index (χ1v) is 3.96. The van der Waals surface area contributed by atoms with Crippen LogP contribution in [0, 0.1) is 11.6 Å². The molecule has 0 saturated heterocycles. The lowest BCUT2D eigenvalue weighted by Gasteiger charge is -2.08. The van der Waals surface area contributed by atoms with Crippen LogP contribution in [0.2, 0.25) is 5.02 Å². The van der Waals surface area contributed by atoms with Gasteiger partial charge in [0.2, 0.25) is 0 Å². The van der Waals surface area contributed by atoms with E-state index in [1.807, 2.05) is 0 Å². The lowest BCUT2D eigenvalue weighted by atomic mass is 10.1. The summed E-state index contributed by atoms with van der Waals surface area (Å²) in [5.41, 5.74) is 5.85. The maximum atomic E-state index is 12.7. The Kier molecular flexibility index (Phi) is 3.01. The number of benzene rings is 1. The van der Waals surface area contributed by atoms with E-state index in [0.29, 0.717) is 5.56 Å². The summed E-state index contributed by atoms with van der Waals surface area (Å²) in [4.78, 5) is 0. The van der Waals surface area contributed by atoms with Gasteiger partial charge < -0.3 is 5.73 Å². The highest BCUT2D eigenvalue weighted by Gasteiger charge is 2.11. The summed E-state index contributed by atoms with van der Waals surface area (Å²) in [6.07, 6.45) is 1.40. The number of halogens is 3. The second-order valence-electron chi connectivity index (χ2n) is 2.55. The van der Waals surface area contributed by atoms with Gasteiger partial charge in [-0.05, 0) is 17.7 Å². The van der Waals surface area contributed by atoms with Gasteiger partial charge in [0.05, 0.1) is 0 Å². The van der Waals surface area contributed by atoms with E-state index in [1.165, 1.54) is 6.08 Å². The fourth-order valence-corrected chi connectivity index (χ4v) is 1.20. The maximum Gasteiger partial charge on any atom is 0.160 e. The minimum atomic E-state index is -0.981. The van der Waals surface area contributed by atoms with Gasteiger partial charge in [0.1, 0.15) is 0 Å². The third-order valence-corrected chi connectivity index (χ3v) is 1.98. The van der Waals surface area contributed by atoms with E-state index in [4.69, 9.17) is 17.3 Å². The van der Waals surface area contributed by atoms with Gasteiger partial charge in [-0.25, -0.2) is 8.78 Å². The molecule has 0 aromatic heterocycles. The molecule has 1 aromatic carbocycles. The van der Waals surface area contributed by atoms with Crippen LogP contribution in [0.1, 0.15) is 11.6 Å². The van der Waals surface area contributed by atoms with Gasteiger partial charge >= 0.3 is 0 Å². The highest BCUT2D eigenvalue weighted by molar-refractivity contribution is 6.31. The van der Waals surface area contributed by atoms with Crippen LogP contribution in [0.15, 0.2) is 24.8 Å². The first kappa shape index (κ1) is 10.2. The monoisotopic (exact) mass is 203 g/mol. The van der Waals surface area contributed by atoms with Crippen molar-refractivity contribution in [3.63, 3.8) is 0 Å². The van der Waals surface area contributed by atoms with Crippen molar-refractivity contribution in [1.29, 1.82) is 0 Å². The summed E-state index contributed by atoms with van der Waals surface area (Å²) >= 11 is 5.64. The van der Waals surface area contributed by atoms with Gasteiger partial charge in [-0.3, -0.25) is 0 Å². The first-order chi connectivity index (χ1) is 6.06. The topological polar surface area (TPSA) is 26.0 Å². The molecular weight excluding hydrogens is 196 g/mol. The number of hydrogen-bond acceptors (Lipinski definition) is 1. The van der Waals surface area contributed by atoms with Gasteiger partial charge in [0, 0.05) is 11.1 Å². The van der Waals surface area contributed by atoms with Gasteiger partial charge in [0.15, 0.2) is 11.6 Å². The molecule has 0 amide bonds. The standard InChI is InChI=1S/C9H8ClF2N/c1-2-9(13)5-3-7(11)8(12)4-6(5)10/h2-4,9H,1,13H2. The molecule has 13 heavy (non-hydrogen) atoms. The quantitative estimate of drug-likeness (QED) is 0.581.